The first-order chi connectivity index (χ1) is 8.15. The first-order valence-electron chi connectivity index (χ1n) is 5.57. The van der Waals surface area contributed by atoms with Gasteiger partial charge in [-0.25, -0.2) is 0 Å². The Morgan fingerprint density at radius 1 is 1.47 bits per heavy atom. The molecule has 2 aromatic rings. The average molecular weight is 231 g/mol. The molecule has 1 aromatic carbocycles. The fraction of sp³-hybridized carbons (Fsp3) is 0.333. The SMILES string of the molecule is CC1CC1c1noc(-c2ccc(N)c(O)c2)n1. The van der Waals surface area contributed by atoms with Gasteiger partial charge in [-0.3, -0.25) is 0 Å². The molecular formula is C12H13N3O2. The van der Waals surface area contributed by atoms with E-state index in [1.165, 1.54) is 6.07 Å². The van der Waals surface area contributed by atoms with Gasteiger partial charge in [0.05, 0.1) is 5.69 Å². The molecule has 1 aromatic heterocycles. The highest BCUT2D eigenvalue weighted by atomic mass is 16.5. The number of nitrogens with two attached hydrogens (primary N) is 1. The van der Waals surface area contributed by atoms with Crippen LogP contribution in [0.15, 0.2) is 22.7 Å². The maximum atomic E-state index is 9.52. The van der Waals surface area contributed by atoms with Crippen molar-refractivity contribution in [3.63, 3.8) is 0 Å². The van der Waals surface area contributed by atoms with E-state index in [2.05, 4.69) is 17.1 Å². The summed E-state index contributed by atoms with van der Waals surface area (Å²) < 4.78 is 5.18. The first-order valence-corrected chi connectivity index (χ1v) is 5.57. The van der Waals surface area contributed by atoms with Crippen molar-refractivity contribution in [3.8, 4) is 17.2 Å². The highest BCUT2D eigenvalue weighted by Crippen LogP contribution is 2.45. The van der Waals surface area contributed by atoms with Gasteiger partial charge >= 0.3 is 0 Å². The van der Waals surface area contributed by atoms with Gasteiger partial charge in [0.25, 0.3) is 5.89 Å². The number of anilines is 1. The third-order valence-corrected chi connectivity index (χ3v) is 3.16. The quantitative estimate of drug-likeness (QED) is 0.611. The van der Waals surface area contributed by atoms with E-state index in [9.17, 15) is 5.11 Å². The Balaban J connectivity index is 1.92. The van der Waals surface area contributed by atoms with E-state index < -0.39 is 0 Å². The lowest BCUT2D eigenvalue weighted by atomic mass is 10.2. The van der Waals surface area contributed by atoms with Gasteiger partial charge in [0.2, 0.25) is 0 Å². The number of phenolic OH excluding ortho intramolecular Hbond substituents is 1. The second kappa shape index (κ2) is 3.48. The number of nitrogen functional groups attached to an aromatic ring is 1. The second-order valence-electron chi connectivity index (χ2n) is 4.55. The lowest BCUT2D eigenvalue weighted by molar-refractivity contribution is 0.421. The normalized spacial score (nSPS) is 22.6. The maximum absolute atomic E-state index is 9.52. The molecule has 2 unspecified atom stereocenters. The van der Waals surface area contributed by atoms with E-state index in [-0.39, 0.29) is 5.75 Å². The molecule has 5 nitrogen and oxygen atoms in total. The van der Waals surface area contributed by atoms with Crippen LogP contribution in [0.1, 0.15) is 25.1 Å². The smallest absolute Gasteiger partial charge is 0.258 e. The van der Waals surface area contributed by atoms with Crippen molar-refractivity contribution in [1.82, 2.24) is 10.1 Å². The number of rotatable bonds is 2. The van der Waals surface area contributed by atoms with E-state index in [4.69, 9.17) is 10.3 Å². The average Bonchev–Trinajstić information content (AvgIpc) is 2.86. The molecule has 0 spiro atoms. The van der Waals surface area contributed by atoms with Gasteiger partial charge in [0.1, 0.15) is 5.75 Å². The first kappa shape index (κ1) is 10.1. The lowest BCUT2D eigenvalue weighted by Crippen LogP contribution is -1.87. The highest BCUT2D eigenvalue weighted by Gasteiger charge is 2.38. The Bertz CT molecular complexity index is 565. The summed E-state index contributed by atoms with van der Waals surface area (Å²) in [5, 5.41) is 13.5. The van der Waals surface area contributed by atoms with Crippen LogP contribution in [0.3, 0.4) is 0 Å². The number of phenols is 1. The fourth-order valence-electron chi connectivity index (χ4n) is 1.86. The van der Waals surface area contributed by atoms with E-state index in [1.807, 2.05) is 0 Å². The van der Waals surface area contributed by atoms with Crippen molar-refractivity contribution in [3.05, 3.63) is 24.0 Å². The van der Waals surface area contributed by atoms with Crippen LogP contribution < -0.4 is 5.73 Å². The number of aromatic hydroxyl groups is 1. The zero-order valence-electron chi connectivity index (χ0n) is 9.42. The van der Waals surface area contributed by atoms with Gasteiger partial charge in [0.15, 0.2) is 5.82 Å². The van der Waals surface area contributed by atoms with Gasteiger partial charge in [-0.2, -0.15) is 4.98 Å². The van der Waals surface area contributed by atoms with Crippen molar-refractivity contribution < 1.29 is 9.63 Å². The van der Waals surface area contributed by atoms with Crippen molar-refractivity contribution >= 4 is 5.69 Å². The summed E-state index contributed by atoms with van der Waals surface area (Å²) >= 11 is 0. The fourth-order valence-corrected chi connectivity index (χ4v) is 1.86. The van der Waals surface area contributed by atoms with E-state index in [0.717, 1.165) is 12.2 Å². The molecule has 88 valence electrons. The minimum Gasteiger partial charge on any atom is -0.506 e. The predicted molar refractivity (Wildman–Crippen MR) is 62.3 cm³/mol. The summed E-state index contributed by atoms with van der Waals surface area (Å²) in [5.41, 5.74) is 6.55. The van der Waals surface area contributed by atoms with Crippen LogP contribution >= 0.6 is 0 Å². The van der Waals surface area contributed by atoms with Crippen molar-refractivity contribution in [2.45, 2.75) is 19.3 Å². The lowest BCUT2D eigenvalue weighted by Gasteiger charge is -1.99. The van der Waals surface area contributed by atoms with Crippen molar-refractivity contribution in [2.75, 3.05) is 5.73 Å². The summed E-state index contributed by atoms with van der Waals surface area (Å²) in [4.78, 5) is 4.33. The second-order valence-corrected chi connectivity index (χ2v) is 4.55. The van der Waals surface area contributed by atoms with Crippen molar-refractivity contribution in [1.29, 1.82) is 0 Å². The molecule has 0 bridgehead atoms. The molecule has 1 fully saturated rings. The summed E-state index contributed by atoms with van der Waals surface area (Å²) in [7, 11) is 0. The van der Waals surface area contributed by atoms with E-state index in [1.54, 1.807) is 12.1 Å². The van der Waals surface area contributed by atoms with Crippen LogP contribution in [-0.4, -0.2) is 15.2 Å². The van der Waals surface area contributed by atoms with Crippen LogP contribution in [0.25, 0.3) is 11.5 Å². The predicted octanol–water partition coefficient (Wildman–Crippen LogP) is 2.15. The Morgan fingerprint density at radius 2 is 2.24 bits per heavy atom. The Hall–Kier alpha value is -2.04. The minimum absolute atomic E-state index is 0.0297. The molecular weight excluding hydrogens is 218 g/mol. The maximum Gasteiger partial charge on any atom is 0.258 e. The molecule has 1 aliphatic rings. The van der Waals surface area contributed by atoms with Crippen molar-refractivity contribution in [2.24, 2.45) is 5.92 Å². The van der Waals surface area contributed by atoms with Gasteiger partial charge in [-0.1, -0.05) is 12.1 Å². The number of aromatic nitrogens is 2. The van der Waals surface area contributed by atoms with Crippen LogP contribution in [0, 0.1) is 5.92 Å². The molecule has 1 aliphatic carbocycles. The van der Waals surface area contributed by atoms with Gasteiger partial charge < -0.3 is 15.4 Å². The van der Waals surface area contributed by atoms with Crippen LogP contribution in [0.5, 0.6) is 5.75 Å². The van der Waals surface area contributed by atoms with Gasteiger partial charge in [-0.15, -0.1) is 0 Å². The minimum atomic E-state index is 0.0297. The monoisotopic (exact) mass is 231 g/mol. The van der Waals surface area contributed by atoms with E-state index in [0.29, 0.717) is 29.0 Å². The molecule has 0 saturated heterocycles. The largest absolute Gasteiger partial charge is 0.506 e. The van der Waals surface area contributed by atoms with Crippen LogP contribution in [0.4, 0.5) is 5.69 Å². The molecule has 0 aliphatic heterocycles. The molecule has 3 rings (SSSR count). The Labute approximate surface area is 98.3 Å². The van der Waals surface area contributed by atoms with Gasteiger partial charge in [0, 0.05) is 11.5 Å². The number of benzene rings is 1. The summed E-state index contributed by atoms with van der Waals surface area (Å²) in [6.45, 7) is 2.16. The number of hydrogen-bond donors (Lipinski definition) is 2. The summed E-state index contributed by atoms with van der Waals surface area (Å²) in [6.07, 6.45) is 1.12. The molecule has 5 heteroatoms. The highest BCUT2D eigenvalue weighted by molar-refractivity contribution is 5.63. The standard InChI is InChI=1S/C12H13N3O2/c1-6-4-8(6)11-14-12(17-15-11)7-2-3-9(13)10(16)5-7/h2-3,5-6,8,16H,4,13H2,1H3. The Kier molecular flexibility index (Phi) is 2.07. The molecule has 0 amide bonds. The number of nitrogens with zero attached hydrogens (tertiary/aromatic N) is 2. The molecule has 1 heterocycles. The summed E-state index contributed by atoms with van der Waals surface area (Å²) in [5.74, 6) is 2.27. The third-order valence-electron chi connectivity index (χ3n) is 3.16. The zero-order valence-corrected chi connectivity index (χ0v) is 9.42. The topological polar surface area (TPSA) is 85.2 Å². The molecule has 0 radical (unpaired) electrons. The van der Waals surface area contributed by atoms with Gasteiger partial charge in [-0.05, 0) is 30.5 Å². The van der Waals surface area contributed by atoms with Crippen LogP contribution in [0.2, 0.25) is 0 Å². The third kappa shape index (κ3) is 1.73. The number of hydrogen-bond acceptors (Lipinski definition) is 5. The Morgan fingerprint density at radius 3 is 2.88 bits per heavy atom. The molecule has 17 heavy (non-hydrogen) atoms. The molecule has 3 N–H and O–H groups in total. The van der Waals surface area contributed by atoms with E-state index >= 15 is 0 Å². The zero-order chi connectivity index (χ0) is 12.0. The van der Waals surface area contributed by atoms with Crippen LogP contribution in [-0.2, 0) is 0 Å². The summed E-state index contributed by atoms with van der Waals surface area (Å²) in [6, 6.07) is 4.90. The molecule has 2 atom stereocenters. The molecule has 1 saturated carbocycles.